The first kappa shape index (κ1) is 19.0. The lowest BCUT2D eigenvalue weighted by Crippen LogP contribution is -2.44. The number of halogens is 1. The number of nitrogens with zero attached hydrogens (tertiary/aromatic N) is 4. The molecule has 0 radical (unpaired) electrons. The third kappa shape index (κ3) is 4.42. The summed E-state index contributed by atoms with van der Waals surface area (Å²) in [4.78, 5) is 23.3. The summed E-state index contributed by atoms with van der Waals surface area (Å²) in [5.41, 5.74) is 2.60. The van der Waals surface area contributed by atoms with Gasteiger partial charge in [0.2, 0.25) is 5.88 Å². The number of carbonyl (C=O) groups is 1. The van der Waals surface area contributed by atoms with Crippen molar-refractivity contribution in [1.82, 2.24) is 25.1 Å². The molecule has 0 bridgehead atoms. The average molecular weight is 395 g/mol. The Balaban J connectivity index is 1.44. The summed E-state index contributed by atoms with van der Waals surface area (Å²) in [7, 11) is 0. The zero-order valence-corrected chi connectivity index (χ0v) is 16.4. The van der Waals surface area contributed by atoms with Crippen LogP contribution in [0.5, 0.6) is 5.88 Å². The maximum atomic E-state index is 13.1. The van der Waals surface area contributed by atoms with Gasteiger partial charge in [0.25, 0.3) is 5.91 Å². The van der Waals surface area contributed by atoms with Gasteiger partial charge in [-0.05, 0) is 57.0 Å². The van der Waals surface area contributed by atoms with Crippen LogP contribution in [-0.4, -0.2) is 50.2 Å². The normalized spacial score (nSPS) is 16.7. The highest BCUT2D eigenvalue weighted by Gasteiger charge is 2.27. The van der Waals surface area contributed by atoms with Crippen LogP contribution in [0, 0.1) is 19.7 Å². The molecule has 1 atom stereocenters. The van der Waals surface area contributed by atoms with E-state index in [1.807, 2.05) is 13.8 Å². The highest BCUT2D eigenvalue weighted by Crippen LogP contribution is 2.21. The number of aromatic nitrogens is 4. The van der Waals surface area contributed by atoms with Crippen LogP contribution in [-0.2, 0) is 0 Å². The molecule has 3 aromatic rings. The number of hydrogen-bond acceptors (Lipinski definition) is 5. The second kappa shape index (κ2) is 7.98. The van der Waals surface area contributed by atoms with E-state index >= 15 is 0 Å². The number of hydrogen-bond donors (Lipinski definition) is 1. The van der Waals surface area contributed by atoms with E-state index in [1.165, 1.54) is 12.1 Å². The zero-order chi connectivity index (χ0) is 20.4. The van der Waals surface area contributed by atoms with Gasteiger partial charge in [-0.1, -0.05) is 0 Å². The fraction of sp³-hybridized carbons (Fsp3) is 0.333. The summed E-state index contributed by atoms with van der Waals surface area (Å²) in [6.45, 7) is 4.86. The molecule has 2 aromatic heterocycles. The predicted octanol–water partition coefficient (Wildman–Crippen LogP) is 3.31. The Morgan fingerprint density at radius 2 is 2.00 bits per heavy atom. The number of rotatable bonds is 4. The Hall–Kier alpha value is -3.29. The smallest absolute Gasteiger partial charge is 0.272 e. The Bertz CT molecular complexity index is 998. The van der Waals surface area contributed by atoms with Gasteiger partial charge in [-0.2, -0.15) is 10.1 Å². The monoisotopic (exact) mass is 395 g/mol. The van der Waals surface area contributed by atoms with Crippen molar-refractivity contribution in [3.05, 3.63) is 59.4 Å². The number of piperidine rings is 1. The summed E-state index contributed by atoms with van der Waals surface area (Å²) >= 11 is 0. The summed E-state index contributed by atoms with van der Waals surface area (Å²) in [6, 6.07) is 9.50. The van der Waals surface area contributed by atoms with Crippen LogP contribution in [0.25, 0.3) is 11.3 Å². The minimum atomic E-state index is -0.311. The number of aryl methyl sites for hydroxylation is 2. The first-order valence-electron chi connectivity index (χ1n) is 9.57. The van der Waals surface area contributed by atoms with Crippen molar-refractivity contribution in [2.45, 2.75) is 32.8 Å². The number of amides is 1. The van der Waals surface area contributed by atoms with Gasteiger partial charge in [0.1, 0.15) is 23.4 Å². The number of carbonyl (C=O) groups excluding carboxylic acids is 1. The summed E-state index contributed by atoms with van der Waals surface area (Å²) in [6.07, 6.45) is 1.58. The Morgan fingerprint density at radius 1 is 1.21 bits per heavy atom. The largest absolute Gasteiger partial charge is 0.472 e. The van der Waals surface area contributed by atoms with E-state index < -0.39 is 0 Å². The molecule has 0 spiro atoms. The summed E-state index contributed by atoms with van der Waals surface area (Å²) < 4.78 is 19.1. The lowest BCUT2D eigenvalue weighted by Gasteiger charge is -2.32. The molecule has 1 saturated heterocycles. The van der Waals surface area contributed by atoms with Crippen LogP contribution in [0.15, 0.2) is 36.4 Å². The van der Waals surface area contributed by atoms with Gasteiger partial charge in [-0.3, -0.25) is 9.89 Å². The van der Waals surface area contributed by atoms with E-state index in [2.05, 4.69) is 20.2 Å². The highest BCUT2D eigenvalue weighted by molar-refractivity contribution is 5.93. The van der Waals surface area contributed by atoms with Gasteiger partial charge in [-0.15, -0.1) is 0 Å². The molecule has 1 aliphatic rings. The molecular weight excluding hydrogens is 373 g/mol. The van der Waals surface area contributed by atoms with Crippen LogP contribution in [0.1, 0.15) is 34.8 Å². The molecule has 29 heavy (non-hydrogen) atoms. The SMILES string of the molecule is Cc1cc(O[C@H]2CCCN(C(=O)c3cc(-c4ccc(F)cc4)n[nH]3)C2)nc(C)n1. The molecule has 1 fully saturated rings. The van der Waals surface area contributed by atoms with Crippen molar-refractivity contribution in [2.24, 2.45) is 0 Å². The predicted molar refractivity (Wildman–Crippen MR) is 105 cm³/mol. The molecule has 0 saturated carbocycles. The Morgan fingerprint density at radius 3 is 2.76 bits per heavy atom. The van der Waals surface area contributed by atoms with Crippen molar-refractivity contribution in [3.63, 3.8) is 0 Å². The Labute approximate surface area is 167 Å². The van der Waals surface area contributed by atoms with Gasteiger partial charge in [0, 0.05) is 23.9 Å². The standard InChI is InChI=1S/C21H22FN5O2/c1-13-10-20(24-14(2)23-13)29-17-4-3-9-27(12-17)21(28)19-11-18(25-26-19)15-5-7-16(22)8-6-15/h5-8,10-11,17H,3-4,9,12H2,1-2H3,(H,25,26)/t17-/m0/s1. The van der Waals surface area contributed by atoms with Gasteiger partial charge in [0.15, 0.2) is 0 Å². The van der Waals surface area contributed by atoms with Gasteiger partial charge in [0.05, 0.1) is 12.2 Å². The summed E-state index contributed by atoms with van der Waals surface area (Å²) in [5.74, 6) is 0.757. The molecule has 3 heterocycles. The molecule has 1 amide bonds. The fourth-order valence-electron chi connectivity index (χ4n) is 3.50. The minimum absolute atomic E-state index is 0.124. The van der Waals surface area contributed by atoms with E-state index in [0.717, 1.165) is 24.1 Å². The van der Waals surface area contributed by atoms with E-state index in [4.69, 9.17) is 4.74 Å². The maximum absolute atomic E-state index is 13.1. The lowest BCUT2D eigenvalue weighted by atomic mass is 10.1. The van der Waals surface area contributed by atoms with Crippen molar-refractivity contribution in [3.8, 4) is 17.1 Å². The van der Waals surface area contributed by atoms with Gasteiger partial charge >= 0.3 is 0 Å². The molecule has 1 N–H and O–H groups in total. The first-order chi connectivity index (χ1) is 14.0. The third-order valence-corrected chi connectivity index (χ3v) is 4.84. The van der Waals surface area contributed by atoms with E-state index in [0.29, 0.717) is 36.2 Å². The minimum Gasteiger partial charge on any atom is -0.472 e. The molecule has 1 aliphatic heterocycles. The molecule has 1 aromatic carbocycles. The average Bonchev–Trinajstić information content (AvgIpc) is 3.17. The quantitative estimate of drug-likeness (QED) is 0.733. The molecule has 7 nitrogen and oxygen atoms in total. The third-order valence-electron chi connectivity index (χ3n) is 4.84. The maximum Gasteiger partial charge on any atom is 0.272 e. The van der Waals surface area contributed by atoms with Gasteiger partial charge in [-0.25, -0.2) is 9.37 Å². The number of aromatic amines is 1. The van der Waals surface area contributed by atoms with Crippen molar-refractivity contribution in [1.29, 1.82) is 0 Å². The number of H-pyrrole nitrogens is 1. The molecular formula is C21H22FN5O2. The second-order valence-electron chi connectivity index (χ2n) is 7.20. The zero-order valence-electron chi connectivity index (χ0n) is 16.4. The van der Waals surface area contributed by atoms with E-state index in [9.17, 15) is 9.18 Å². The number of likely N-dealkylation sites (tertiary alicyclic amines) is 1. The number of ether oxygens (including phenoxy) is 1. The molecule has 150 valence electrons. The van der Waals surface area contributed by atoms with Crippen LogP contribution >= 0.6 is 0 Å². The van der Waals surface area contributed by atoms with Crippen molar-refractivity contribution < 1.29 is 13.9 Å². The van der Waals surface area contributed by atoms with E-state index in [1.54, 1.807) is 29.2 Å². The van der Waals surface area contributed by atoms with Crippen LogP contribution in [0.4, 0.5) is 4.39 Å². The van der Waals surface area contributed by atoms with Crippen LogP contribution in [0.3, 0.4) is 0 Å². The van der Waals surface area contributed by atoms with E-state index in [-0.39, 0.29) is 17.8 Å². The van der Waals surface area contributed by atoms with Crippen molar-refractivity contribution in [2.75, 3.05) is 13.1 Å². The van der Waals surface area contributed by atoms with Crippen LogP contribution in [0.2, 0.25) is 0 Å². The molecule has 8 heteroatoms. The summed E-state index contributed by atoms with van der Waals surface area (Å²) in [5, 5.41) is 6.99. The fourth-order valence-corrected chi connectivity index (χ4v) is 3.50. The van der Waals surface area contributed by atoms with Crippen LogP contribution < -0.4 is 4.74 Å². The number of benzene rings is 1. The Kier molecular flexibility index (Phi) is 5.24. The topological polar surface area (TPSA) is 84.0 Å². The lowest BCUT2D eigenvalue weighted by molar-refractivity contribution is 0.0521. The molecule has 0 aliphatic carbocycles. The molecule has 0 unspecified atom stereocenters. The first-order valence-corrected chi connectivity index (χ1v) is 9.57. The second-order valence-corrected chi connectivity index (χ2v) is 7.20. The highest BCUT2D eigenvalue weighted by atomic mass is 19.1. The van der Waals surface area contributed by atoms with Gasteiger partial charge < -0.3 is 9.64 Å². The molecule has 4 rings (SSSR count). The van der Waals surface area contributed by atoms with Crippen molar-refractivity contribution >= 4 is 5.91 Å². The number of nitrogens with one attached hydrogen (secondary N) is 1.